The van der Waals surface area contributed by atoms with Gasteiger partial charge in [0.2, 0.25) is 0 Å². The van der Waals surface area contributed by atoms with Gasteiger partial charge in [0.1, 0.15) is 0 Å². The third kappa shape index (κ3) is 2.80. The molecule has 132 valence electrons. The maximum absolute atomic E-state index is 9.55. The molecule has 0 amide bonds. The molecule has 0 aliphatic carbocycles. The van der Waals surface area contributed by atoms with Crippen molar-refractivity contribution in [2.45, 2.75) is 0 Å². The minimum atomic E-state index is 0.531. The lowest BCUT2D eigenvalue weighted by atomic mass is 9.90. The number of hydrogen-bond donors (Lipinski definition) is 2. The summed E-state index contributed by atoms with van der Waals surface area (Å²) in [6.45, 7) is 0. The normalized spacial score (nSPS) is 10.4. The van der Waals surface area contributed by atoms with Crippen LogP contribution in [0.4, 0.5) is 11.4 Å². The Labute approximate surface area is 162 Å². The van der Waals surface area contributed by atoms with E-state index in [1.165, 1.54) is 0 Å². The van der Waals surface area contributed by atoms with Crippen LogP contribution in [0, 0.1) is 22.7 Å². The average Bonchev–Trinajstić information content (AvgIpc) is 2.73. The summed E-state index contributed by atoms with van der Waals surface area (Å²) in [5.74, 6) is 0. The summed E-state index contributed by atoms with van der Waals surface area (Å²) in [5.41, 5.74) is 17.4. The fraction of sp³-hybridized carbons (Fsp3) is 0. The quantitative estimate of drug-likeness (QED) is 0.487. The van der Waals surface area contributed by atoms with Gasteiger partial charge in [-0.3, -0.25) is 0 Å². The molecule has 0 atom stereocenters. The highest BCUT2D eigenvalue weighted by Crippen LogP contribution is 2.37. The van der Waals surface area contributed by atoms with Crippen LogP contribution < -0.4 is 11.5 Å². The lowest BCUT2D eigenvalue weighted by Crippen LogP contribution is -1.92. The Kier molecular flexibility index (Phi) is 4.16. The lowest BCUT2D eigenvalue weighted by Gasteiger charge is -2.13. The zero-order valence-corrected chi connectivity index (χ0v) is 15.0. The molecule has 4 N–H and O–H groups in total. The first-order chi connectivity index (χ1) is 13.6. The predicted molar refractivity (Wildman–Crippen MR) is 113 cm³/mol. The predicted octanol–water partition coefficient (Wildman–Crippen LogP) is 5.08. The molecule has 4 aromatic rings. The van der Waals surface area contributed by atoms with Crippen LogP contribution in [0.2, 0.25) is 0 Å². The molecule has 0 aliphatic rings. The highest BCUT2D eigenvalue weighted by molar-refractivity contribution is 6.05. The van der Waals surface area contributed by atoms with Crippen molar-refractivity contribution in [2.75, 3.05) is 11.5 Å². The van der Waals surface area contributed by atoms with Crippen molar-refractivity contribution in [3.8, 4) is 34.4 Å². The molecule has 0 bridgehead atoms. The summed E-state index contributed by atoms with van der Waals surface area (Å²) in [6.07, 6.45) is 0. The molecule has 28 heavy (non-hydrogen) atoms. The van der Waals surface area contributed by atoms with E-state index in [2.05, 4.69) is 12.1 Å². The molecule has 4 nitrogen and oxygen atoms in total. The molecule has 4 rings (SSSR count). The third-order valence-corrected chi connectivity index (χ3v) is 4.83. The van der Waals surface area contributed by atoms with Crippen LogP contribution in [0.25, 0.3) is 33.0 Å². The van der Waals surface area contributed by atoms with Crippen LogP contribution >= 0.6 is 0 Å². The van der Waals surface area contributed by atoms with Crippen LogP contribution in [-0.4, -0.2) is 0 Å². The third-order valence-electron chi connectivity index (χ3n) is 4.83. The Morgan fingerprint density at radius 3 is 1.36 bits per heavy atom. The van der Waals surface area contributed by atoms with E-state index in [0.717, 1.165) is 33.0 Å². The van der Waals surface area contributed by atoms with Gasteiger partial charge in [0.05, 0.1) is 23.3 Å². The number of benzene rings is 4. The van der Waals surface area contributed by atoms with E-state index in [1.54, 1.807) is 24.3 Å². The second kappa shape index (κ2) is 6.79. The Balaban J connectivity index is 2.02. The Morgan fingerprint density at radius 2 is 0.964 bits per heavy atom. The summed E-state index contributed by atoms with van der Waals surface area (Å²) < 4.78 is 0. The van der Waals surface area contributed by atoms with Gasteiger partial charge in [0, 0.05) is 22.5 Å². The minimum absolute atomic E-state index is 0.531. The second-order valence-electron chi connectivity index (χ2n) is 6.54. The molecule has 0 heterocycles. The summed E-state index contributed by atoms with van der Waals surface area (Å²) in [7, 11) is 0. The summed E-state index contributed by atoms with van der Waals surface area (Å²) in [4.78, 5) is 0. The van der Waals surface area contributed by atoms with Gasteiger partial charge in [-0.2, -0.15) is 10.5 Å². The average molecular weight is 360 g/mol. The van der Waals surface area contributed by atoms with E-state index < -0.39 is 0 Å². The van der Waals surface area contributed by atoms with Gasteiger partial charge in [-0.25, -0.2) is 0 Å². The zero-order valence-electron chi connectivity index (χ0n) is 15.0. The van der Waals surface area contributed by atoms with E-state index in [4.69, 9.17) is 11.5 Å². The first-order valence-corrected chi connectivity index (χ1v) is 8.74. The SMILES string of the molecule is N#Cc1cc(N)ccc1-c1cccc2c(-c3ccc(N)cc3C#N)cccc12. The molecule has 0 aliphatic heterocycles. The van der Waals surface area contributed by atoms with Crippen LogP contribution in [0.1, 0.15) is 11.1 Å². The van der Waals surface area contributed by atoms with Crippen LogP contribution in [0.15, 0.2) is 72.8 Å². The Morgan fingerprint density at radius 1 is 0.536 bits per heavy atom. The maximum Gasteiger partial charge on any atom is 0.0998 e. The number of nitrogen functional groups attached to an aromatic ring is 2. The highest BCUT2D eigenvalue weighted by Gasteiger charge is 2.13. The molecule has 4 aromatic carbocycles. The second-order valence-corrected chi connectivity index (χ2v) is 6.54. The fourth-order valence-corrected chi connectivity index (χ4v) is 3.56. The highest BCUT2D eigenvalue weighted by atomic mass is 14.5. The maximum atomic E-state index is 9.55. The molecule has 0 unspecified atom stereocenters. The number of rotatable bonds is 2. The molecule has 0 spiro atoms. The molecule has 0 fully saturated rings. The minimum Gasteiger partial charge on any atom is -0.399 e. The number of nitriles is 2. The van der Waals surface area contributed by atoms with Crippen molar-refractivity contribution < 1.29 is 0 Å². The number of anilines is 2. The van der Waals surface area contributed by atoms with Crippen molar-refractivity contribution in [1.82, 2.24) is 0 Å². The van der Waals surface area contributed by atoms with Crippen molar-refractivity contribution in [3.63, 3.8) is 0 Å². The molecular weight excluding hydrogens is 344 g/mol. The van der Waals surface area contributed by atoms with Crippen molar-refractivity contribution >= 4 is 22.1 Å². The first-order valence-electron chi connectivity index (χ1n) is 8.74. The van der Waals surface area contributed by atoms with Gasteiger partial charge < -0.3 is 11.5 Å². The van der Waals surface area contributed by atoms with Gasteiger partial charge in [0.15, 0.2) is 0 Å². The van der Waals surface area contributed by atoms with Crippen molar-refractivity contribution in [1.29, 1.82) is 10.5 Å². The van der Waals surface area contributed by atoms with Crippen LogP contribution in [0.3, 0.4) is 0 Å². The van der Waals surface area contributed by atoms with Gasteiger partial charge >= 0.3 is 0 Å². The zero-order chi connectivity index (χ0) is 19.7. The molecule has 4 heteroatoms. The topological polar surface area (TPSA) is 99.6 Å². The summed E-state index contributed by atoms with van der Waals surface area (Å²) in [6, 6.07) is 27.1. The first kappa shape index (κ1) is 17.1. The van der Waals surface area contributed by atoms with E-state index in [9.17, 15) is 10.5 Å². The van der Waals surface area contributed by atoms with Crippen LogP contribution in [-0.2, 0) is 0 Å². The van der Waals surface area contributed by atoms with E-state index in [1.807, 2.05) is 48.5 Å². The van der Waals surface area contributed by atoms with Crippen molar-refractivity contribution in [3.05, 3.63) is 83.9 Å². The smallest absolute Gasteiger partial charge is 0.0998 e. The van der Waals surface area contributed by atoms with E-state index in [-0.39, 0.29) is 0 Å². The van der Waals surface area contributed by atoms with Gasteiger partial charge in [-0.1, -0.05) is 48.5 Å². The standard InChI is InChI=1S/C24H16N4/c25-13-15-11-17(27)7-9-19(15)21-3-1-5-23-22(4-2-6-24(21)23)20-10-8-18(28)12-16(20)14-26/h1-12H,27-28H2. The molecule has 0 aromatic heterocycles. The monoisotopic (exact) mass is 360 g/mol. The Hall–Kier alpha value is -4.28. The number of fused-ring (bicyclic) bond motifs is 1. The number of nitrogens with two attached hydrogens (primary N) is 2. The fourth-order valence-electron chi connectivity index (χ4n) is 3.56. The van der Waals surface area contributed by atoms with E-state index >= 15 is 0 Å². The number of hydrogen-bond acceptors (Lipinski definition) is 4. The summed E-state index contributed by atoms with van der Waals surface area (Å²) >= 11 is 0. The van der Waals surface area contributed by atoms with Crippen molar-refractivity contribution in [2.24, 2.45) is 0 Å². The molecule has 0 saturated heterocycles. The molecule has 0 radical (unpaired) electrons. The molecule has 0 saturated carbocycles. The van der Waals surface area contributed by atoms with E-state index in [0.29, 0.717) is 22.5 Å². The lowest BCUT2D eigenvalue weighted by molar-refractivity contribution is 1.48. The number of nitrogens with zero attached hydrogens (tertiary/aromatic N) is 2. The van der Waals surface area contributed by atoms with Gasteiger partial charge in [-0.05, 0) is 46.2 Å². The Bertz CT molecular complexity index is 1200. The summed E-state index contributed by atoms with van der Waals surface area (Å²) in [5, 5.41) is 21.1. The molecular formula is C24H16N4. The van der Waals surface area contributed by atoms with Gasteiger partial charge in [0.25, 0.3) is 0 Å². The van der Waals surface area contributed by atoms with Gasteiger partial charge in [-0.15, -0.1) is 0 Å². The largest absolute Gasteiger partial charge is 0.399 e. The van der Waals surface area contributed by atoms with Crippen LogP contribution in [0.5, 0.6) is 0 Å².